The lowest BCUT2D eigenvalue weighted by Gasteiger charge is -2.13. The zero-order chi connectivity index (χ0) is 8.27. The van der Waals surface area contributed by atoms with E-state index in [1.54, 1.807) is 0 Å². The summed E-state index contributed by atoms with van der Waals surface area (Å²) >= 11 is 0. The molecule has 1 saturated heterocycles. The van der Waals surface area contributed by atoms with Crippen LogP contribution >= 0.6 is 0 Å². The Morgan fingerprint density at radius 1 is 1.82 bits per heavy atom. The van der Waals surface area contributed by atoms with Crippen LogP contribution in [0.4, 0.5) is 0 Å². The van der Waals surface area contributed by atoms with E-state index in [1.807, 2.05) is 11.8 Å². The van der Waals surface area contributed by atoms with Crippen molar-refractivity contribution in [2.45, 2.75) is 19.8 Å². The van der Waals surface area contributed by atoms with Gasteiger partial charge in [-0.25, -0.2) is 0 Å². The normalized spacial score (nSPS) is 23.3. The molecule has 2 nitrogen and oxygen atoms in total. The maximum atomic E-state index is 11.1. The van der Waals surface area contributed by atoms with Crippen molar-refractivity contribution in [2.75, 3.05) is 13.1 Å². The average molecular weight is 151 g/mol. The smallest absolute Gasteiger partial charge is 0.222 e. The Kier molecular flexibility index (Phi) is 2.53. The Balaban J connectivity index is 2.43. The molecule has 1 fully saturated rings. The number of likely N-dealkylation sites (tertiary alicyclic amines) is 1. The number of terminal acetylenes is 1. The molecule has 1 aliphatic rings. The Hall–Kier alpha value is -0.970. The van der Waals surface area contributed by atoms with Gasteiger partial charge in [-0.1, -0.05) is 6.92 Å². The molecule has 2 heteroatoms. The second kappa shape index (κ2) is 3.43. The van der Waals surface area contributed by atoms with Crippen LogP contribution in [0.25, 0.3) is 0 Å². The molecule has 0 N–H and O–H groups in total. The molecule has 0 spiro atoms. The van der Waals surface area contributed by atoms with Crippen molar-refractivity contribution in [3.63, 3.8) is 0 Å². The fourth-order valence-corrected chi connectivity index (χ4v) is 1.35. The number of carbonyl (C=O) groups excluding carboxylic acids is 1. The molecule has 1 aliphatic heterocycles. The molecule has 60 valence electrons. The van der Waals surface area contributed by atoms with Gasteiger partial charge in [0.05, 0.1) is 0 Å². The van der Waals surface area contributed by atoms with Crippen molar-refractivity contribution in [3.05, 3.63) is 0 Å². The van der Waals surface area contributed by atoms with Crippen LogP contribution in [0.3, 0.4) is 0 Å². The van der Waals surface area contributed by atoms with Gasteiger partial charge in [0.15, 0.2) is 0 Å². The summed E-state index contributed by atoms with van der Waals surface area (Å²) in [5.41, 5.74) is 0. The fourth-order valence-electron chi connectivity index (χ4n) is 1.35. The standard InChI is InChI=1S/C9H13NO/c1-3-8-5-6-10(7-8)9(11)4-2/h1,8H,4-7H2,2H3/t8-/m0/s1. The van der Waals surface area contributed by atoms with Gasteiger partial charge in [-0.2, -0.15) is 0 Å². The van der Waals surface area contributed by atoms with E-state index in [9.17, 15) is 4.79 Å². The molecule has 0 aromatic carbocycles. The van der Waals surface area contributed by atoms with Gasteiger partial charge in [-0.3, -0.25) is 4.79 Å². The third kappa shape index (κ3) is 1.74. The molecule has 0 saturated carbocycles. The van der Waals surface area contributed by atoms with E-state index < -0.39 is 0 Å². The lowest BCUT2D eigenvalue weighted by atomic mass is 10.1. The Morgan fingerprint density at radius 2 is 2.55 bits per heavy atom. The first-order valence-electron chi connectivity index (χ1n) is 4.01. The van der Waals surface area contributed by atoms with Crippen LogP contribution in [-0.4, -0.2) is 23.9 Å². The average Bonchev–Trinajstić information content (AvgIpc) is 2.50. The van der Waals surface area contributed by atoms with Gasteiger partial charge in [0.2, 0.25) is 5.91 Å². The van der Waals surface area contributed by atoms with Crippen molar-refractivity contribution in [3.8, 4) is 12.3 Å². The maximum Gasteiger partial charge on any atom is 0.222 e. The van der Waals surface area contributed by atoms with Gasteiger partial charge in [0, 0.05) is 25.4 Å². The predicted molar refractivity (Wildman–Crippen MR) is 43.8 cm³/mol. The first kappa shape index (κ1) is 8.13. The molecule has 1 amide bonds. The van der Waals surface area contributed by atoms with E-state index in [4.69, 9.17) is 6.42 Å². The highest BCUT2D eigenvalue weighted by atomic mass is 16.2. The quantitative estimate of drug-likeness (QED) is 0.509. The molecule has 0 bridgehead atoms. The molecule has 0 radical (unpaired) electrons. The van der Waals surface area contributed by atoms with E-state index in [1.165, 1.54) is 0 Å². The summed E-state index contributed by atoms with van der Waals surface area (Å²) in [6.45, 7) is 3.50. The largest absolute Gasteiger partial charge is 0.341 e. The van der Waals surface area contributed by atoms with E-state index in [-0.39, 0.29) is 5.91 Å². The molecule has 0 aliphatic carbocycles. The summed E-state index contributed by atoms with van der Waals surface area (Å²) in [5, 5.41) is 0. The van der Waals surface area contributed by atoms with Crippen molar-refractivity contribution < 1.29 is 4.79 Å². The van der Waals surface area contributed by atoms with Crippen LogP contribution in [-0.2, 0) is 4.79 Å². The molecule has 1 heterocycles. The number of rotatable bonds is 1. The molecule has 11 heavy (non-hydrogen) atoms. The zero-order valence-corrected chi connectivity index (χ0v) is 6.84. The van der Waals surface area contributed by atoms with Crippen LogP contribution in [0.2, 0.25) is 0 Å². The molecular weight excluding hydrogens is 138 g/mol. The lowest BCUT2D eigenvalue weighted by molar-refractivity contribution is -0.129. The van der Waals surface area contributed by atoms with Gasteiger partial charge in [0.1, 0.15) is 0 Å². The molecule has 1 atom stereocenters. The Morgan fingerprint density at radius 3 is 3.00 bits per heavy atom. The molecule has 0 unspecified atom stereocenters. The third-order valence-electron chi connectivity index (χ3n) is 2.08. The highest BCUT2D eigenvalue weighted by Crippen LogP contribution is 2.15. The van der Waals surface area contributed by atoms with Gasteiger partial charge in [-0.15, -0.1) is 12.3 Å². The lowest BCUT2D eigenvalue weighted by Crippen LogP contribution is -2.27. The monoisotopic (exact) mass is 151 g/mol. The number of amides is 1. The fraction of sp³-hybridized carbons (Fsp3) is 0.667. The Labute approximate surface area is 67.6 Å². The summed E-state index contributed by atoms with van der Waals surface area (Å²) in [6.07, 6.45) is 6.82. The SMILES string of the molecule is C#C[C@H]1CCN(C(=O)CC)C1. The van der Waals surface area contributed by atoms with Gasteiger partial charge < -0.3 is 4.90 Å². The van der Waals surface area contributed by atoms with Crippen LogP contribution in [0.5, 0.6) is 0 Å². The summed E-state index contributed by atoms with van der Waals surface area (Å²) in [6, 6.07) is 0. The van der Waals surface area contributed by atoms with Crippen LogP contribution in [0, 0.1) is 18.3 Å². The number of hydrogen-bond acceptors (Lipinski definition) is 1. The van der Waals surface area contributed by atoms with Crippen molar-refractivity contribution in [1.29, 1.82) is 0 Å². The predicted octanol–water partition coefficient (Wildman–Crippen LogP) is 0.878. The number of hydrogen-bond donors (Lipinski definition) is 0. The van der Waals surface area contributed by atoms with E-state index in [0.717, 1.165) is 19.5 Å². The minimum absolute atomic E-state index is 0.225. The summed E-state index contributed by atoms with van der Waals surface area (Å²) in [7, 11) is 0. The van der Waals surface area contributed by atoms with Crippen LogP contribution < -0.4 is 0 Å². The first-order valence-corrected chi connectivity index (χ1v) is 4.01. The summed E-state index contributed by atoms with van der Waals surface area (Å²) in [5.74, 6) is 3.20. The Bertz CT molecular complexity index is 192. The van der Waals surface area contributed by atoms with Crippen LogP contribution in [0.15, 0.2) is 0 Å². The number of nitrogens with zero attached hydrogens (tertiary/aromatic N) is 1. The zero-order valence-electron chi connectivity index (χ0n) is 6.84. The second-order valence-corrected chi connectivity index (χ2v) is 2.85. The summed E-state index contributed by atoms with van der Waals surface area (Å²) in [4.78, 5) is 13.0. The topological polar surface area (TPSA) is 20.3 Å². The van der Waals surface area contributed by atoms with Crippen molar-refractivity contribution in [1.82, 2.24) is 4.90 Å². The van der Waals surface area contributed by atoms with Gasteiger partial charge in [0.25, 0.3) is 0 Å². The highest BCUT2D eigenvalue weighted by Gasteiger charge is 2.23. The van der Waals surface area contributed by atoms with Gasteiger partial charge in [-0.05, 0) is 6.42 Å². The molecule has 1 rings (SSSR count). The molecular formula is C9H13NO. The summed E-state index contributed by atoms with van der Waals surface area (Å²) < 4.78 is 0. The van der Waals surface area contributed by atoms with Crippen molar-refractivity contribution in [2.24, 2.45) is 5.92 Å². The van der Waals surface area contributed by atoms with E-state index in [2.05, 4.69) is 5.92 Å². The minimum atomic E-state index is 0.225. The van der Waals surface area contributed by atoms with Crippen LogP contribution in [0.1, 0.15) is 19.8 Å². The number of carbonyl (C=O) groups is 1. The van der Waals surface area contributed by atoms with Crippen molar-refractivity contribution >= 4 is 5.91 Å². The first-order chi connectivity index (χ1) is 5.27. The minimum Gasteiger partial charge on any atom is -0.341 e. The molecule has 0 aromatic rings. The highest BCUT2D eigenvalue weighted by molar-refractivity contribution is 5.76. The second-order valence-electron chi connectivity index (χ2n) is 2.85. The third-order valence-corrected chi connectivity index (χ3v) is 2.08. The van der Waals surface area contributed by atoms with E-state index >= 15 is 0 Å². The maximum absolute atomic E-state index is 11.1. The van der Waals surface area contributed by atoms with Gasteiger partial charge >= 0.3 is 0 Å². The molecule has 0 aromatic heterocycles. The van der Waals surface area contributed by atoms with E-state index in [0.29, 0.717) is 12.3 Å².